The zero-order valence-corrected chi connectivity index (χ0v) is 14.3. The van der Waals surface area contributed by atoms with Gasteiger partial charge in [0.15, 0.2) is 0 Å². The van der Waals surface area contributed by atoms with E-state index in [1.807, 2.05) is 31.2 Å². The molecule has 3 rings (SSSR count). The first-order valence-electron chi connectivity index (χ1n) is 8.49. The Hall–Kier alpha value is -2.17. The summed E-state index contributed by atoms with van der Waals surface area (Å²) < 4.78 is 2.13. The largest absolute Gasteiger partial charge is 0.393 e. The molecular formula is C20H25N3O. The lowest BCUT2D eigenvalue weighted by atomic mass is 9.93. The Morgan fingerprint density at radius 1 is 1.08 bits per heavy atom. The van der Waals surface area contributed by atoms with Crippen molar-refractivity contribution in [1.29, 1.82) is 0 Å². The van der Waals surface area contributed by atoms with E-state index in [2.05, 4.69) is 47.3 Å². The van der Waals surface area contributed by atoms with E-state index in [0.29, 0.717) is 12.5 Å². The highest BCUT2D eigenvalue weighted by molar-refractivity contribution is 5.75. The zero-order chi connectivity index (χ0) is 16.9. The van der Waals surface area contributed by atoms with Gasteiger partial charge in [-0.3, -0.25) is 0 Å². The van der Waals surface area contributed by atoms with Crippen LogP contribution in [0.5, 0.6) is 0 Å². The average molecular weight is 323 g/mol. The first-order chi connectivity index (χ1) is 11.6. The van der Waals surface area contributed by atoms with E-state index < -0.39 is 0 Å². The number of aliphatic hydroxyl groups excluding tert-OH is 1. The van der Waals surface area contributed by atoms with E-state index >= 15 is 0 Å². The summed E-state index contributed by atoms with van der Waals surface area (Å²) in [6, 6.07) is 18.6. The fourth-order valence-electron chi connectivity index (χ4n) is 3.19. The monoisotopic (exact) mass is 323 g/mol. The van der Waals surface area contributed by atoms with Gasteiger partial charge >= 0.3 is 0 Å². The third-order valence-corrected chi connectivity index (χ3v) is 4.45. The summed E-state index contributed by atoms with van der Waals surface area (Å²) in [5.74, 6) is 1.32. The number of aryl methyl sites for hydroxylation is 1. The number of benzene rings is 2. The van der Waals surface area contributed by atoms with Crippen molar-refractivity contribution in [3.63, 3.8) is 0 Å². The van der Waals surface area contributed by atoms with E-state index in [9.17, 15) is 5.11 Å². The van der Waals surface area contributed by atoms with Crippen LogP contribution in [0.15, 0.2) is 54.6 Å². The second kappa shape index (κ2) is 7.60. The van der Waals surface area contributed by atoms with Crippen molar-refractivity contribution >= 4 is 11.0 Å². The van der Waals surface area contributed by atoms with Crippen molar-refractivity contribution in [1.82, 2.24) is 14.9 Å². The normalized spacial score (nSPS) is 14.0. The minimum Gasteiger partial charge on any atom is -0.393 e. The van der Waals surface area contributed by atoms with Gasteiger partial charge in [-0.05, 0) is 37.0 Å². The molecule has 0 radical (unpaired) electrons. The third kappa shape index (κ3) is 3.83. The van der Waals surface area contributed by atoms with Gasteiger partial charge in [0.2, 0.25) is 0 Å². The van der Waals surface area contributed by atoms with Gasteiger partial charge in [-0.25, -0.2) is 4.98 Å². The molecule has 2 unspecified atom stereocenters. The molecule has 2 atom stereocenters. The van der Waals surface area contributed by atoms with Crippen LogP contribution in [-0.2, 0) is 13.6 Å². The van der Waals surface area contributed by atoms with E-state index in [1.165, 1.54) is 5.56 Å². The number of para-hydroxylation sites is 2. The van der Waals surface area contributed by atoms with E-state index in [1.54, 1.807) is 0 Å². The number of fused-ring (bicyclic) bond motifs is 1. The minimum atomic E-state index is -0.312. The smallest absolute Gasteiger partial charge is 0.123 e. The maximum atomic E-state index is 9.80. The summed E-state index contributed by atoms with van der Waals surface area (Å²) in [5.41, 5.74) is 3.44. The topological polar surface area (TPSA) is 50.1 Å². The lowest BCUT2D eigenvalue weighted by Gasteiger charge is -2.19. The molecule has 3 aromatic rings. The summed E-state index contributed by atoms with van der Waals surface area (Å²) >= 11 is 0. The van der Waals surface area contributed by atoms with E-state index in [4.69, 9.17) is 4.98 Å². The van der Waals surface area contributed by atoms with E-state index in [0.717, 1.165) is 29.8 Å². The van der Waals surface area contributed by atoms with Crippen LogP contribution in [0.4, 0.5) is 0 Å². The SMILES string of the molecule is CC(O)CC(CNCc1nc2ccccc2n1C)c1ccccc1. The van der Waals surface area contributed by atoms with Gasteiger partial charge in [-0.15, -0.1) is 0 Å². The van der Waals surface area contributed by atoms with Gasteiger partial charge in [0, 0.05) is 13.6 Å². The summed E-state index contributed by atoms with van der Waals surface area (Å²) in [7, 11) is 2.05. The first-order valence-corrected chi connectivity index (χ1v) is 8.49. The molecule has 0 aliphatic rings. The molecule has 0 spiro atoms. The van der Waals surface area contributed by atoms with E-state index in [-0.39, 0.29) is 6.10 Å². The van der Waals surface area contributed by atoms with Crippen molar-refractivity contribution in [3.8, 4) is 0 Å². The second-order valence-electron chi connectivity index (χ2n) is 6.40. The molecule has 2 N–H and O–H groups in total. The van der Waals surface area contributed by atoms with Crippen LogP contribution in [0.2, 0.25) is 0 Å². The number of hydrogen-bond acceptors (Lipinski definition) is 3. The molecule has 126 valence electrons. The quantitative estimate of drug-likeness (QED) is 0.702. The highest BCUT2D eigenvalue weighted by Gasteiger charge is 2.14. The van der Waals surface area contributed by atoms with Crippen LogP contribution in [0.3, 0.4) is 0 Å². The van der Waals surface area contributed by atoms with Crippen LogP contribution in [-0.4, -0.2) is 27.3 Å². The molecule has 0 fully saturated rings. The molecule has 4 nitrogen and oxygen atoms in total. The average Bonchev–Trinajstić information content (AvgIpc) is 2.91. The lowest BCUT2D eigenvalue weighted by molar-refractivity contribution is 0.173. The van der Waals surface area contributed by atoms with Crippen molar-refractivity contribution in [3.05, 3.63) is 66.0 Å². The fraction of sp³-hybridized carbons (Fsp3) is 0.350. The number of hydrogen-bond donors (Lipinski definition) is 2. The Kier molecular flexibility index (Phi) is 5.28. The molecule has 0 aliphatic heterocycles. The minimum absolute atomic E-state index is 0.292. The van der Waals surface area contributed by atoms with Crippen LogP contribution in [0.1, 0.15) is 30.7 Å². The van der Waals surface area contributed by atoms with Gasteiger partial charge in [-0.1, -0.05) is 42.5 Å². The van der Waals surface area contributed by atoms with Gasteiger partial charge in [0.05, 0.1) is 23.7 Å². The molecule has 1 heterocycles. The Morgan fingerprint density at radius 2 is 1.79 bits per heavy atom. The highest BCUT2D eigenvalue weighted by Crippen LogP contribution is 2.21. The number of nitrogens with one attached hydrogen (secondary N) is 1. The first kappa shape index (κ1) is 16.7. The molecule has 0 amide bonds. The van der Waals surface area contributed by atoms with Crippen LogP contribution in [0.25, 0.3) is 11.0 Å². The van der Waals surface area contributed by atoms with Crippen LogP contribution < -0.4 is 5.32 Å². The summed E-state index contributed by atoms with van der Waals surface area (Å²) in [6.07, 6.45) is 0.437. The number of aromatic nitrogens is 2. The van der Waals surface area contributed by atoms with Crippen molar-refractivity contribution in [2.75, 3.05) is 6.54 Å². The molecular weight excluding hydrogens is 298 g/mol. The molecule has 4 heteroatoms. The summed E-state index contributed by atoms with van der Waals surface area (Å²) in [5, 5.41) is 13.3. The Balaban J connectivity index is 1.67. The molecule has 24 heavy (non-hydrogen) atoms. The van der Waals surface area contributed by atoms with Gasteiger partial charge in [0.1, 0.15) is 5.82 Å². The molecule has 0 saturated heterocycles. The molecule has 0 bridgehead atoms. The standard InChI is InChI=1S/C20H25N3O/c1-15(24)12-17(16-8-4-3-5-9-16)13-21-14-20-22-18-10-6-7-11-19(18)23(20)2/h3-11,15,17,21,24H,12-14H2,1-2H3. The Morgan fingerprint density at radius 3 is 2.50 bits per heavy atom. The number of imidazole rings is 1. The van der Waals surface area contributed by atoms with Crippen molar-refractivity contribution in [2.45, 2.75) is 31.9 Å². The van der Waals surface area contributed by atoms with Gasteiger partial charge in [-0.2, -0.15) is 0 Å². The third-order valence-electron chi connectivity index (χ3n) is 4.45. The molecule has 2 aromatic carbocycles. The molecule has 0 aliphatic carbocycles. The maximum Gasteiger partial charge on any atom is 0.123 e. The fourth-order valence-corrected chi connectivity index (χ4v) is 3.19. The molecule has 1 aromatic heterocycles. The lowest BCUT2D eigenvalue weighted by Crippen LogP contribution is -2.25. The summed E-state index contributed by atoms with van der Waals surface area (Å²) in [4.78, 5) is 4.69. The van der Waals surface area contributed by atoms with Gasteiger partial charge < -0.3 is 15.0 Å². The van der Waals surface area contributed by atoms with Gasteiger partial charge in [0.25, 0.3) is 0 Å². The van der Waals surface area contributed by atoms with Crippen molar-refractivity contribution < 1.29 is 5.11 Å². The number of aliphatic hydroxyl groups is 1. The van der Waals surface area contributed by atoms with Crippen LogP contribution in [0, 0.1) is 0 Å². The molecule has 0 saturated carbocycles. The maximum absolute atomic E-state index is 9.80. The predicted molar refractivity (Wildman–Crippen MR) is 97.9 cm³/mol. The summed E-state index contributed by atoms with van der Waals surface area (Å²) in [6.45, 7) is 3.38. The Bertz CT molecular complexity index is 780. The number of rotatable bonds is 7. The van der Waals surface area contributed by atoms with Crippen molar-refractivity contribution in [2.24, 2.45) is 7.05 Å². The number of nitrogens with zero attached hydrogens (tertiary/aromatic N) is 2. The Labute approximate surface area is 143 Å². The van der Waals surface area contributed by atoms with Crippen LogP contribution >= 0.6 is 0 Å². The predicted octanol–water partition coefficient (Wildman–Crippen LogP) is 3.22. The highest BCUT2D eigenvalue weighted by atomic mass is 16.3. The second-order valence-corrected chi connectivity index (χ2v) is 6.40. The zero-order valence-electron chi connectivity index (χ0n) is 14.3.